The SMILES string of the molecule is CC1(C)CC1Cn1cnc(CBr)c1. The van der Waals surface area contributed by atoms with Crippen molar-refractivity contribution in [2.75, 3.05) is 0 Å². The Hall–Kier alpha value is -0.310. The van der Waals surface area contributed by atoms with Crippen molar-refractivity contribution in [1.82, 2.24) is 9.55 Å². The lowest BCUT2D eigenvalue weighted by molar-refractivity contribution is 0.498. The van der Waals surface area contributed by atoms with Gasteiger partial charge in [0.15, 0.2) is 0 Å². The van der Waals surface area contributed by atoms with Crippen LogP contribution < -0.4 is 0 Å². The molecule has 1 aliphatic carbocycles. The summed E-state index contributed by atoms with van der Waals surface area (Å²) < 4.78 is 2.20. The fourth-order valence-corrected chi connectivity index (χ4v) is 2.01. The molecular formula is C10H15BrN2. The summed E-state index contributed by atoms with van der Waals surface area (Å²) in [6, 6.07) is 0. The Bertz CT molecular complexity index is 304. The minimum atomic E-state index is 0.568. The van der Waals surface area contributed by atoms with Crippen molar-refractivity contribution in [3.63, 3.8) is 0 Å². The van der Waals surface area contributed by atoms with E-state index in [0.29, 0.717) is 5.41 Å². The molecule has 0 aromatic carbocycles. The molecule has 0 amide bonds. The average molecular weight is 243 g/mol. The van der Waals surface area contributed by atoms with Gasteiger partial charge in [0.25, 0.3) is 0 Å². The van der Waals surface area contributed by atoms with Crippen LogP contribution in [0.15, 0.2) is 12.5 Å². The van der Waals surface area contributed by atoms with E-state index in [2.05, 4.69) is 45.5 Å². The third-order valence-corrected chi connectivity index (χ3v) is 3.55. The van der Waals surface area contributed by atoms with Gasteiger partial charge < -0.3 is 4.57 Å². The summed E-state index contributed by atoms with van der Waals surface area (Å²) >= 11 is 3.40. The van der Waals surface area contributed by atoms with E-state index in [1.807, 2.05) is 6.33 Å². The zero-order chi connectivity index (χ0) is 9.47. The molecular weight excluding hydrogens is 228 g/mol. The van der Waals surface area contributed by atoms with Gasteiger partial charge in [-0.25, -0.2) is 4.98 Å². The van der Waals surface area contributed by atoms with Crippen LogP contribution in [0.1, 0.15) is 26.0 Å². The van der Waals surface area contributed by atoms with Crippen LogP contribution >= 0.6 is 15.9 Å². The first-order chi connectivity index (χ1) is 6.12. The lowest BCUT2D eigenvalue weighted by Crippen LogP contribution is -2.01. The molecule has 2 rings (SSSR count). The van der Waals surface area contributed by atoms with Crippen molar-refractivity contribution in [3.8, 4) is 0 Å². The Morgan fingerprint density at radius 3 is 2.85 bits per heavy atom. The summed E-state index contributed by atoms with van der Waals surface area (Å²) in [6.07, 6.45) is 5.42. The molecule has 1 fully saturated rings. The van der Waals surface area contributed by atoms with Crippen LogP contribution in [0.25, 0.3) is 0 Å². The first kappa shape index (κ1) is 9.25. The Balaban J connectivity index is 1.96. The van der Waals surface area contributed by atoms with E-state index >= 15 is 0 Å². The van der Waals surface area contributed by atoms with Crippen molar-refractivity contribution >= 4 is 15.9 Å². The fourth-order valence-electron chi connectivity index (χ4n) is 1.72. The van der Waals surface area contributed by atoms with Gasteiger partial charge in [-0.1, -0.05) is 29.8 Å². The molecule has 0 aliphatic heterocycles. The number of rotatable bonds is 3. The van der Waals surface area contributed by atoms with E-state index in [4.69, 9.17) is 0 Å². The summed E-state index contributed by atoms with van der Waals surface area (Å²) in [5.41, 5.74) is 1.69. The first-order valence-corrected chi connectivity index (χ1v) is 5.80. The second-order valence-electron chi connectivity index (χ2n) is 4.59. The van der Waals surface area contributed by atoms with Crippen LogP contribution in [0.5, 0.6) is 0 Å². The van der Waals surface area contributed by atoms with Gasteiger partial charge >= 0.3 is 0 Å². The smallest absolute Gasteiger partial charge is 0.0949 e. The molecule has 1 atom stereocenters. The molecule has 1 unspecified atom stereocenters. The Morgan fingerprint density at radius 1 is 1.69 bits per heavy atom. The molecule has 1 aromatic heterocycles. The van der Waals surface area contributed by atoms with Crippen LogP contribution in [0.4, 0.5) is 0 Å². The molecule has 72 valence electrons. The van der Waals surface area contributed by atoms with Crippen LogP contribution in [-0.4, -0.2) is 9.55 Å². The average Bonchev–Trinajstić information content (AvgIpc) is 2.48. The van der Waals surface area contributed by atoms with Gasteiger partial charge in [0.2, 0.25) is 0 Å². The Kier molecular flexibility index (Phi) is 2.22. The highest BCUT2D eigenvalue weighted by molar-refractivity contribution is 9.08. The van der Waals surface area contributed by atoms with Crippen molar-refractivity contribution in [2.45, 2.75) is 32.1 Å². The minimum Gasteiger partial charge on any atom is -0.337 e. The molecule has 2 nitrogen and oxygen atoms in total. The van der Waals surface area contributed by atoms with Gasteiger partial charge in [-0.15, -0.1) is 0 Å². The molecule has 1 aromatic rings. The number of nitrogens with zero attached hydrogens (tertiary/aromatic N) is 2. The van der Waals surface area contributed by atoms with Crippen LogP contribution in [0, 0.1) is 11.3 Å². The first-order valence-electron chi connectivity index (χ1n) is 4.68. The summed E-state index contributed by atoms with van der Waals surface area (Å²) in [5.74, 6) is 0.852. The third-order valence-electron chi connectivity index (χ3n) is 2.97. The van der Waals surface area contributed by atoms with Gasteiger partial charge in [-0.3, -0.25) is 0 Å². The van der Waals surface area contributed by atoms with Crippen LogP contribution in [-0.2, 0) is 11.9 Å². The predicted octanol–water partition coefficient (Wildman–Crippen LogP) is 2.82. The van der Waals surface area contributed by atoms with E-state index in [1.54, 1.807) is 0 Å². The summed E-state index contributed by atoms with van der Waals surface area (Å²) in [4.78, 5) is 4.28. The summed E-state index contributed by atoms with van der Waals surface area (Å²) in [7, 11) is 0. The molecule has 0 N–H and O–H groups in total. The summed E-state index contributed by atoms with van der Waals surface area (Å²) in [6.45, 7) is 5.80. The molecule has 0 bridgehead atoms. The number of hydrogen-bond acceptors (Lipinski definition) is 1. The quantitative estimate of drug-likeness (QED) is 0.746. The number of imidazole rings is 1. The molecule has 1 aliphatic rings. The van der Waals surface area contributed by atoms with Crippen molar-refractivity contribution in [3.05, 3.63) is 18.2 Å². The van der Waals surface area contributed by atoms with E-state index in [9.17, 15) is 0 Å². The maximum atomic E-state index is 4.28. The van der Waals surface area contributed by atoms with E-state index in [0.717, 1.165) is 23.5 Å². The molecule has 1 saturated carbocycles. The van der Waals surface area contributed by atoms with Gasteiger partial charge in [0.1, 0.15) is 0 Å². The van der Waals surface area contributed by atoms with E-state index in [1.165, 1.54) is 6.42 Å². The highest BCUT2D eigenvalue weighted by atomic mass is 79.9. The third kappa shape index (κ3) is 1.96. The lowest BCUT2D eigenvalue weighted by Gasteiger charge is -2.03. The van der Waals surface area contributed by atoms with E-state index in [-0.39, 0.29) is 0 Å². The number of alkyl halides is 1. The Morgan fingerprint density at radius 2 is 2.38 bits per heavy atom. The molecule has 13 heavy (non-hydrogen) atoms. The molecule has 1 heterocycles. The second-order valence-corrected chi connectivity index (χ2v) is 5.15. The topological polar surface area (TPSA) is 17.8 Å². The maximum Gasteiger partial charge on any atom is 0.0949 e. The predicted molar refractivity (Wildman–Crippen MR) is 56.7 cm³/mol. The monoisotopic (exact) mass is 242 g/mol. The van der Waals surface area contributed by atoms with Crippen molar-refractivity contribution in [2.24, 2.45) is 11.3 Å². The Labute approximate surface area is 87.5 Å². The maximum absolute atomic E-state index is 4.28. The van der Waals surface area contributed by atoms with Gasteiger partial charge in [-0.2, -0.15) is 0 Å². The number of aromatic nitrogens is 2. The van der Waals surface area contributed by atoms with Crippen molar-refractivity contribution in [1.29, 1.82) is 0 Å². The van der Waals surface area contributed by atoms with Gasteiger partial charge in [0.05, 0.1) is 12.0 Å². The lowest BCUT2D eigenvalue weighted by atomic mass is 10.1. The van der Waals surface area contributed by atoms with Crippen LogP contribution in [0.3, 0.4) is 0 Å². The van der Waals surface area contributed by atoms with Crippen LogP contribution in [0.2, 0.25) is 0 Å². The van der Waals surface area contributed by atoms with Gasteiger partial charge in [-0.05, 0) is 17.8 Å². The normalized spacial score (nSPS) is 24.7. The standard InChI is InChI=1S/C10H15BrN2/c1-10(2)3-8(10)5-13-6-9(4-11)12-7-13/h6-8H,3-5H2,1-2H3. The number of halogens is 1. The molecule has 3 heteroatoms. The fraction of sp³-hybridized carbons (Fsp3) is 0.700. The van der Waals surface area contributed by atoms with Crippen molar-refractivity contribution < 1.29 is 0 Å². The van der Waals surface area contributed by atoms with E-state index < -0.39 is 0 Å². The molecule has 0 radical (unpaired) electrons. The summed E-state index contributed by atoms with van der Waals surface area (Å²) in [5, 5.41) is 0.855. The minimum absolute atomic E-state index is 0.568. The zero-order valence-corrected chi connectivity index (χ0v) is 9.71. The van der Waals surface area contributed by atoms with Gasteiger partial charge in [0, 0.05) is 18.1 Å². The highest BCUT2D eigenvalue weighted by Gasteiger charge is 2.45. The molecule has 0 saturated heterocycles. The highest BCUT2D eigenvalue weighted by Crippen LogP contribution is 2.52. The largest absolute Gasteiger partial charge is 0.337 e. The molecule has 0 spiro atoms. The second kappa shape index (κ2) is 3.12. The number of hydrogen-bond donors (Lipinski definition) is 0. The zero-order valence-electron chi connectivity index (χ0n) is 8.13.